The number of benzene rings is 1. The molecule has 1 atom stereocenters. The maximum absolute atomic E-state index is 13.4. The molecule has 1 unspecified atom stereocenters. The number of aliphatic carboxylic acids is 1. The average Bonchev–Trinajstić information content (AvgIpc) is 2.35. The summed E-state index contributed by atoms with van der Waals surface area (Å²) in [5.41, 5.74) is 1.05. The van der Waals surface area contributed by atoms with Gasteiger partial charge in [-0.2, -0.15) is 0 Å². The molecular weight excluding hydrogens is 331 g/mol. The molecule has 2 N–H and O–H groups in total. The first-order valence-corrected chi connectivity index (χ1v) is 6.72. The summed E-state index contributed by atoms with van der Waals surface area (Å²) in [5.74, 6) is -2.13. The summed E-state index contributed by atoms with van der Waals surface area (Å²) in [4.78, 5) is 23.9. The fourth-order valence-corrected chi connectivity index (χ4v) is 2.02. The van der Waals surface area contributed by atoms with Crippen LogP contribution in [0.25, 0.3) is 0 Å². The van der Waals surface area contributed by atoms with E-state index in [2.05, 4.69) is 21.2 Å². The van der Waals surface area contributed by atoms with E-state index in [1.54, 1.807) is 13.0 Å². The Bertz CT molecular complexity index is 537. The summed E-state index contributed by atoms with van der Waals surface area (Å²) in [6.07, 6.45) is 0. The number of urea groups is 1. The summed E-state index contributed by atoms with van der Waals surface area (Å²) < 4.78 is 13.8. The normalized spacial score (nSPS) is 11.8. The second kappa shape index (κ2) is 6.69. The van der Waals surface area contributed by atoms with E-state index in [1.165, 1.54) is 24.9 Å². The van der Waals surface area contributed by atoms with Crippen LogP contribution in [0, 0.1) is 18.7 Å². The smallest absolute Gasteiger partial charge is 0.321 e. The highest BCUT2D eigenvalue weighted by Gasteiger charge is 2.18. The van der Waals surface area contributed by atoms with E-state index in [0.717, 1.165) is 0 Å². The number of halogens is 2. The van der Waals surface area contributed by atoms with Crippen molar-refractivity contribution in [1.82, 2.24) is 4.90 Å². The van der Waals surface area contributed by atoms with Crippen LogP contribution in [-0.4, -0.2) is 35.6 Å². The predicted octanol–water partition coefficient (Wildman–Crippen LogP) is 3.08. The largest absolute Gasteiger partial charge is 0.481 e. The minimum absolute atomic E-state index is 0.0687. The van der Waals surface area contributed by atoms with Crippen LogP contribution in [0.15, 0.2) is 16.6 Å². The number of amides is 2. The van der Waals surface area contributed by atoms with Gasteiger partial charge in [-0.05, 0) is 40.5 Å². The molecule has 2 amide bonds. The lowest BCUT2D eigenvalue weighted by atomic mass is 10.2. The molecule has 0 radical (unpaired) electrons. The number of rotatable bonds is 4. The first-order chi connectivity index (χ1) is 9.22. The number of carboxylic acids is 1. The molecule has 0 aliphatic rings. The number of nitrogens with one attached hydrogen (secondary N) is 1. The number of aryl methyl sites for hydroxylation is 1. The van der Waals surface area contributed by atoms with Crippen LogP contribution < -0.4 is 5.32 Å². The maximum atomic E-state index is 13.4. The van der Waals surface area contributed by atoms with Gasteiger partial charge in [-0.3, -0.25) is 4.79 Å². The topological polar surface area (TPSA) is 69.6 Å². The van der Waals surface area contributed by atoms with Crippen molar-refractivity contribution in [3.05, 3.63) is 28.0 Å². The first-order valence-electron chi connectivity index (χ1n) is 5.93. The first kappa shape index (κ1) is 16.4. The zero-order valence-electron chi connectivity index (χ0n) is 11.4. The van der Waals surface area contributed by atoms with Crippen molar-refractivity contribution in [1.29, 1.82) is 0 Å². The van der Waals surface area contributed by atoms with Gasteiger partial charge < -0.3 is 15.3 Å². The van der Waals surface area contributed by atoms with E-state index in [4.69, 9.17) is 5.11 Å². The molecule has 0 aromatic heterocycles. The van der Waals surface area contributed by atoms with E-state index >= 15 is 0 Å². The number of hydrogen-bond donors (Lipinski definition) is 2. The average molecular weight is 347 g/mol. The van der Waals surface area contributed by atoms with Gasteiger partial charge in [-0.15, -0.1) is 0 Å². The number of hydrogen-bond acceptors (Lipinski definition) is 2. The SMILES string of the molecule is Cc1cc(Br)c(F)cc1NC(=O)N(C)CC(C)C(=O)O. The minimum atomic E-state index is -0.976. The highest BCUT2D eigenvalue weighted by Crippen LogP contribution is 2.24. The van der Waals surface area contributed by atoms with Crippen molar-refractivity contribution in [2.45, 2.75) is 13.8 Å². The lowest BCUT2D eigenvalue weighted by molar-refractivity contribution is -0.141. The standard InChI is InChI=1S/C13H16BrFN2O3/c1-7-4-9(14)10(15)5-11(7)16-13(20)17(3)6-8(2)12(18)19/h4-5,8H,6H2,1-3H3,(H,16,20)(H,18,19). The van der Waals surface area contributed by atoms with Crippen molar-refractivity contribution in [3.63, 3.8) is 0 Å². The van der Waals surface area contributed by atoms with E-state index < -0.39 is 23.7 Å². The monoisotopic (exact) mass is 346 g/mol. The number of carboxylic acid groups (broad SMARTS) is 1. The van der Waals surface area contributed by atoms with Crippen molar-refractivity contribution in [2.24, 2.45) is 5.92 Å². The summed E-state index contributed by atoms with van der Waals surface area (Å²) in [7, 11) is 1.49. The third-order valence-corrected chi connectivity index (χ3v) is 3.43. The van der Waals surface area contributed by atoms with Crippen molar-refractivity contribution >= 4 is 33.6 Å². The molecule has 5 nitrogen and oxygen atoms in total. The lowest BCUT2D eigenvalue weighted by Crippen LogP contribution is -2.36. The predicted molar refractivity (Wildman–Crippen MR) is 77.3 cm³/mol. The molecule has 20 heavy (non-hydrogen) atoms. The molecule has 0 saturated carbocycles. The zero-order chi connectivity index (χ0) is 15.4. The van der Waals surface area contributed by atoms with Gasteiger partial charge in [0.25, 0.3) is 0 Å². The highest BCUT2D eigenvalue weighted by atomic mass is 79.9. The van der Waals surface area contributed by atoms with Crippen LogP contribution >= 0.6 is 15.9 Å². The molecule has 0 spiro atoms. The van der Waals surface area contributed by atoms with E-state index in [9.17, 15) is 14.0 Å². The molecule has 0 saturated heterocycles. The Kier molecular flexibility index (Phi) is 5.50. The Morgan fingerprint density at radius 1 is 1.50 bits per heavy atom. The summed E-state index contributed by atoms with van der Waals surface area (Å²) in [6.45, 7) is 3.32. The molecule has 110 valence electrons. The molecule has 1 aromatic carbocycles. The number of nitrogens with zero attached hydrogens (tertiary/aromatic N) is 1. The van der Waals surface area contributed by atoms with Crippen molar-refractivity contribution in [3.8, 4) is 0 Å². The molecule has 0 fully saturated rings. The minimum Gasteiger partial charge on any atom is -0.481 e. The number of anilines is 1. The quantitative estimate of drug-likeness (QED) is 0.879. The van der Waals surface area contributed by atoms with Crippen LogP contribution in [0.3, 0.4) is 0 Å². The van der Waals surface area contributed by atoms with E-state index in [-0.39, 0.29) is 6.54 Å². The van der Waals surface area contributed by atoms with Crippen molar-refractivity contribution in [2.75, 3.05) is 18.9 Å². The summed E-state index contributed by atoms with van der Waals surface area (Å²) in [6, 6.07) is 2.29. The summed E-state index contributed by atoms with van der Waals surface area (Å²) >= 11 is 3.06. The molecule has 7 heteroatoms. The fraction of sp³-hybridized carbons (Fsp3) is 0.385. The molecule has 1 aromatic rings. The number of carbonyl (C=O) groups is 2. The van der Waals surface area contributed by atoms with Gasteiger partial charge in [0, 0.05) is 19.3 Å². The van der Waals surface area contributed by atoms with Gasteiger partial charge in [0.15, 0.2) is 0 Å². The Hall–Kier alpha value is -1.63. The maximum Gasteiger partial charge on any atom is 0.321 e. The number of carbonyl (C=O) groups excluding carboxylic acids is 1. The van der Waals surface area contributed by atoms with Gasteiger partial charge in [-0.25, -0.2) is 9.18 Å². The van der Waals surface area contributed by atoms with Crippen LogP contribution in [0.1, 0.15) is 12.5 Å². The second-order valence-corrected chi connectivity index (χ2v) is 5.49. The van der Waals surface area contributed by atoms with E-state index in [1.807, 2.05) is 0 Å². The molecule has 0 bridgehead atoms. The van der Waals surface area contributed by atoms with Crippen LogP contribution in [0.5, 0.6) is 0 Å². The van der Waals surface area contributed by atoms with Gasteiger partial charge in [0.05, 0.1) is 10.4 Å². The van der Waals surface area contributed by atoms with Crippen molar-refractivity contribution < 1.29 is 19.1 Å². The molecule has 0 aliphatic carbocycles. The zero-order valence-corrected chi connectivity index (χ0v) is 13.0. The van der Waals surface area contributed by atoms with Gasteiger partial charge in [0.1, 0.15) is 5.82 Å². The van der Waals surface area contributed by atoms with Crippen LogP contribution in [0.2, 0.25) is 0 Å². The Morgan fingerprint density at radius 2 is 2.10 bits per heavy atom. The Balaban J connectivity index is 2.76. The van der Waals surface area contributed by atoms with Gasteiger partial charge in [-0.1, -0.05) is 6.92 Å². The van der Waals surface area contributed by atoms with Crippen LogP contribution in [-0.2, 0) is 4.79 Å². The Labute approximate surface area is 124 Å². The summed E-state index contributed by atoms with van der Waals surface area (Å²) in [5, 5.41) is 11.4. The molecule has 0 heterocycles. The lowest BCUT2D eigenvalue weighted by Gasteiger charge is -2.20. The van der Waals surface area contributed by atoms with Crippen LogP contribution in [0.4, 0.5) is 14.9 Å². The van der Waals surface area contributed by atoms with Gasteiger partial charge in [0.2, 0.25) is 0 Å². The van der Waals surface area contributed by atoms with Gasteiger partial charge >= 0.3 is 12.0 Å². The molecular formula is C13H16BrFN2O3. The second-order valence-electron chi connectivity index (χ2n) is 4.63. The third-order valence-electron chi connectivity index (χ3n) is 2.82. The Morgan fingerprint density at radius 3 is 2.65 bits per heavy atom. The van der Waals surface area contributed by atoms with E-state index in [0.29, 0.717) is 15.7 Å². The highest BCUT2D eigenvalue weighted by molar-refractivity contribution is 9.10. The third kappa shape index (κ3) is 4.19. The molecule has 1 rings (SSSR count). The molecule has 0 aliphatic heterocycles. The fourth-order valence-electron chi connectivity index (χ4n) is 1.56.